The predicted molar refractivity (Wildman–Crippen MR) is 215 cm³/mol. The zero-order chi connectivity index (χ0) is 37.8. The van der Waals surface area contributed by atoms with Crippen molar-refractivity contribution >= 4 is 6.29 Å². The van der Waals surface area contributed by atoms with E-state index in [4.69, 9.17) is 18.9 Å². The molecule has 0 bridgehead atoms. The molecule has 4 saturated carbocycles. The van der Waals surface area contributed by atoms with Crippen LogP contribution < -0.4 is 0 Å². The molecule has 0 amide bonds. The van der Waals surface area contributed by atoms with Crippen LogP contribution in [-0.4, -0.2) is 43.3 Å². The summed E-state index contributed by atoms with van der Waals surface area (Å²) in [6, 6.07) is 0. The van der Waals surface area contributed by atoms with Gasteiger partial charge in [0.25, 0.3) is 0 Å². The molecule has 8 heteroatoms. The standard InChI is InChI=1S/C47H75O5.CH3.V.W.Y/c1-14-37-29(4)27(2)31(6)41(50-37)52-40-30(5)28(3)33(8)49-42(40)51-38-18-19-44(11)34(32(38)7)17-20-46(13)39(44)16-15-35-36-25-43(9,10)21-23-47(36,26-48)24-22-45(35,46)12;;;;/h15,24,27-31,33-34,36-42H,14,16-23,25H2,1-13H3;1H3;;;/q-3;-1;;;/t27-,28-,29+,30-,31?,33?,34-,36?,37?,38-,39?,40?,41-,42-,44?,45+,46-,47?;;;;/m0..../s1. The van der Waals surface area contributed by atoms with Crippen molar-refractivity contribution in [3.05, 3.63) is 31.4 Å². The molecule has 18 atom stereocenters. The van der Waals surface area contributed by atoms with E-state index in [1.807, 2.05) is 0 Å². The van der Waals surface area contributed by atoms with E-state index >= 15 is 0 Å². The molecule has 7 aliphatic rings. The van der Waals surface area contributed by atoms with Crippen LogP contribution in [0.3, 0.4) is 0 Å². The van der Waals surface area contributed by atoms with E-state index in [1.54, 1.807) is 5.57 Å². The Hall–Kier alpha value is 1.63. The van der Waals surface area contributed by atoms with E-state index < -0.39 is 11.7 Å². The Morgan fingerprint density at radius 1 is 0.875 bits per heavy atom. The zero-order valence-corrected chi connectivity index (χ0v) is 45.0. The number of carbonyl (C=O) groups excluding carboxylic acids is 1. The fourth-order valence-corrected chi connectivity index (χ4v) is 13.8. The molecule has 2 aliphatic heterocycles. The summed E-state index contributed by atoms with van der Waals surface area (Å²) < 4.78 is 27.7. The van der Waals surface area contributed by atoms with Crippen LogP contribution in [-0.2, 0) is 96.1 Å². The molecule has 0 spiro atoms. The zero-order valence-electron chi connectivity index (χ0n) is 37.8. The maximum absolute atomic E-state index is 12.7. The second-order valence-electron chi connectivity index (χ2n) is 21.2. The van der Waals surface area contributed by atoms with Gasteiger partial charge >= 0.3 is 0 Å². The minimum atomic E-state index is -0.406. The van der Waals surface area contributed by atoms with Crippen molar-refractivity contribution in [1.29, 1.82) is 0 Å². The van der Waals surface area contributed by atoms with Gasteiger partial charge in [-0.05, 0) is 84.9 Å². The Morgan fingerprint density at radius 3 is 2.20 bits per heavy atom. The first-order chi connectivity index (χ1) is 24.4. The van der Waals surface area contributed by atoms with Crippen LogP contribution in [0, 0.1) is 94.2 Å². The molecule has 5 aliphatic carbocycles. The second kappa shape index (κ2) is 18.8. The molecule has 0 aromatic heterocycles. The molecular formula is C48H78O5VWY-4. The van der Waals surface area contributed by atoms with Gasteiger partial charge in [0.05, 0.1) is 12.2 Å². The van der Waals surface area contributed by atoms with Crippen LogP contribution in [0.2, 0.25) is 0 Å². The Labute approximate surface area is 396 Å². The third-order valence-corrected chi connectivity index (χ3v) is 18.5. The molecule has 0 N–H and O–H groups in total. The average Bonchev–Trinajstić information content (AvgIpc) is 3.10. The summed E-state index contributed by atoms with van der Waals surface area (Å²) in [6.07, 6.45) is 18.2. The van der Waals surface area contributed by atoms with Gasteiger partial charge in [0, 0.05) is 78.2 Å². The average molecular weight is 1060 g/mol. The van der Waals surface area contributed by atoms with Crippen molar-refractivity contribution in [3.63, 3.8) is 0 Å². The topological polar surface area (TPSA) is 54.0 Å². The maximum Gasteiger partial charge on any atom is 0.182 e. The number of hydrogen-bond acceptors (Lipinski definition) is 5. The van der Waals surface area contributed by atoms with E-state index in [9.17, 15) is 4.79 Å². The van der Waals surface area contributed by atoms with Gasteiger partial charge in [0.15, 0.2) is 12.6 Å². The van der Waals surface area contributed by atoms with Gasteiger partial charge in [-0.1, -0.05) is 131 Å². The van der Waals surface area contributed by atoms with Gasteiger partial charge in [-0.2, -0.15) is 19.3 Å². The number of ether oxygens (including phenoxy) is 4. The van der Waals surface area contributed by atoms with Crippen molar-refractivity contribution in [1.82, 2.24) is 0 Å². The minimum Gasteiger partial charge on any atom is -0.544 e. The first-order valence-electron chi connectivity index (χ1n) is 21.8. The molecule has 318 valence electrons. The smallest absolute Gasteiger partial charge is 0.182 e. The molecule has 2 saturated heterocycles. The molecule has 2 radical (unpaired) electrons. The summed E-state index contributed by atoms with van der Waals surface area (Å²) in [4.78, 5) is 12.7. The SMILES string of the molecule is CCC1O[C@@H](OC2[C@H](O[C@H]3CCC4(C)C5CC=C6C7CC(C)(C)CCC7([C-]=O)[CH-]C[C@@]6(C)[C@@]5(C)CC[C@H]4[C-]3C)OC(C)[C@@H](C)[C@@H]2C)C(C)[C@@H](C)[C@H]1C.[CH3-].[V].[W].[Y]. The quantitative estimate of drug-likeness (QED) is 0.151. The Balaban J connectivity index is 0.00000210. The third-order valence-electron chi connectivity index (χ3n) is 18.5. The molecule has 0 aromatic rings. The van der Waals surface area contributed by atoms with Gasteiger partial charge < -0.3 is 37.6 Å². The summed E-state index contributed by atoms with van der Waals surface area (Å²) in [5, 5.41) is 0. The molecule has 2 heterocycles. The van der Waals surface area contributed by atoms with Gasteiger partial charge in [0.2, 0.25) is 0 Å². The first-order valence-corrected chi connectivity index (χ1v) is 21.8. The van der Waals surface area contributed by atoms with Crippen molar-refractivity contribution in [2.45, 2.75) is 191 Å². The molecule has 56 heavy (non-hydrogen) atoms. The Morgan fingerprint density at radius 2 is 1.55 bits per heavy atom. The molecule has 6 fully saturated rings. The largest absolute Gasteiger partial charge is 0.544 e. The fourth-order valence-electron chi connectivity index (χ4n) is 13.8. The van der Waals surface area contributed by atoms with Crippen LogP contribution in [0.25, 0.3) is 0 Å². The maximum atomic E-state index is 12.7. The normalized spacial score (nSPS) is 51.0. The minimum absolute atomic E-state index is 0. The van der Waals surface area contributed by atoms with E-state index in [-0.39, 0.29) is 132 Å². The van der Waals surface area contributed by atoms with Crippen molar-refractivity contribution < 1.29 is 96.1 Å². The number of hydrogen-bond donors (Lipinski definition) is 0. The summed E-state index contributed by atoms with van der Waals surface area (Å²) >= 11 is 0. The summed E-state index contributed by atoms with van der Waals surface area (Å²) in [5.74, 6) is 4.97. The Kier molecular flexibility index (Phi) is 17.4. The summed E-state index contributed by atoms with van der Waals surface area (Å²) in [6.45, 7) is 31.2. The number of rotatable bonds is 6. The van der Waals surface area contributed by atoms with Gasteiger partial charge in [-0.3, -0.25) is 17.6 Å². The van der Waals surface area contributed by atoms with E-state index in [2.05, 4.69) is 109 Å². The van der Waals surface area contributed by atoms with Crippen LogP contribution in [0.5, 0.6) is 0 Å². The van der Waals surface area contributed by atoms with Crippen LogP contribution in [0.4, 0.5) is 0 Å². The van der Waals surface area contributed by atoms with Crippen LogP contribution >= 0.6 is 0 Å². The van der Waals surface area contributed by atoms with Crippen LogP contribution in [0.1, 0.15) is 154 Å². The summed E-state index contributed by atoms with van der Waals surface area (Å²) in [7, 11) is 0. The third kappa shape index (κ3) is 8.28. The monoisotopic (exact) mass is 1060 g/mol. The molecule has 0 aromatic carbocycles. The second-order valence-corrected chi connectivity index (χ2v) is 21.2. The number of fused-ring (bicyclic) bond motifs is 7. The number of allylic oxidation sites excluding steroid dienone is 2. The molecule has 8 unspecified atom stereocenters. The van der Waals surface area contributed by atoms with Gasteiger partial charge in [-0.15, -0.1) is 0 Å². The van der Waals surface area contributed by atoms with Crippen molar-refractivity contribution in [3.8, 4) is 0 Å². The van der Waals surface area contributed by atoms with Crippen molar-refractivity contribution in [2.24, 2.45) is 74.4 Å². The van der Waals surface area contributed by atoms with E-state index in [1.165, 1.54) is 25.2 Å². The molecular weight excluding hydrogens is 980 g/mol. The fraction of sp³-hybridized carbons (Fsp3) is 0.875. The van der Waals surface area contributed by atoms with Gasteiger partial charge in [-0.25, -0.2) is 0 Å². The Bertz CT molecular complexity index is 1380. The van der Waals surface area contributed by atoms with E-state index in [0.717, 1.165) is 44.9 Å². The first kappa shape index (κ1) is 52.0. The molecule has 7 rings (SSSR count). The van der Waals surface area contributed by atoms with E-state index in [0.29, 0.717) is 47.3 Å². The molecule has 5 nitrogen and oxygen atoms in total. The van der Waals surface area contributed by atoms with Gasteiger partial charge in [0.1, 0.15) is 6.10 Å². The van der Waals surface area contributed by atoms with Crippen molar-refractivity contribution in [2.75, 3.05) is 0 Å². The van der Waals surface area contributed by atoms with Crippen LogP contribution in [0.15, 0.2) is 11.6 Å². The predicted octanol–water partition coefficient (Wildman–Crippen LogP) is 11.6. The summed E-state index contributed by atoms with van der Waals surface area (Å²) in [5.41, 5.74) is 1.96.